The molecule has 3 rings (SSSR count). The molecule has 0 N–H and O–H groups in total. The summed E-state index contributed by atoms with van der Waals surface area (Å²) in [5.74, 6) is -1.06. The minimum absolute atomic E-state index is 0.0755. The zero-order chi connectivity index (χ0) is 18.7. The van der Waals surface area contributed by atoms with Crippen LogP contribution in [-0.4, -0.2) is 54.3 Å². The molecule has 2 heterocycles. The average Bonchev–Trinajstić information content (AvgIpc) is 2.64. The maximum atomic E-state index is 13.8. The van der Waals surface area contributed by atoms with Crippen molar-refractivity contribution >= 4 is 15.9 Å². The fourth-order valence-electron chi connectivity index (χ4n) is 2.81. The summed E-state index contributed by atoms with van der Waals surface area (Å²) in [4.78, 5) is 25.2. The van der Waals surface area contributed by atoms with Gasteiger partial charge in [0.25, 0.3) is 5.56 Å². The second-order valence-electron chi connectivity index (χ2n) is 5.88. The van der Waals surface area contributed by atoms with Crippen LogP contribution in [-0.2, 0) is 21.4 Å². The predicted molar refractivity (Wildman–Crippen MR) is 92.4 cm³/mol. The monoisotopic (exact) mass is 379 g/mol. The quantitative estimate of drug-likeness (QED) is 0.776. The average molecular weight is 379 g/mol. The van der Waals surface area contributed by atoms with Gasteiger partial charge in [0.15, 0.2) is 0 Å². The topological polar surface area (TPSA) is 79.7 Å². The van der Waals surface area contributed by atoms with Crippen LogP contribution >= 0.6 is 0 Å². The summed E-state index contributed by atoms with van der Waals surface area (Å²) in [7, 11) is -3.94. The molecule has 0 spiro atoms. The number of pyridine rings is 1. The van der Waals surface area contributed by atoms with Crippen molar-refractivity contribution in [3.05, 3.63) is 64.8 Å². The number of hydrogen-bond acceptors (Lipinski definition) is 4. The number of sulfonamides is 1. The number of rotatable bonds is 4. The molecule has 0 unspecified atom stereocenters. The molecule has 1 aliphatic rings. The number of carbonyl (C=O) groups excluding carboxylic acids is 1. The summed E-state index contributed by atoms with van der Waals surface area (Å²) in [6.07, 6.45) is 1.53. The third-order valence-electron chi connectivity index (χ3n) is 4.25. The zero-order valence-corrected chi connectivity index (χ0v) is 14.7. The second-order valence-corrected chi connectivity index (χ2v) is 7.79. The molecule has 1 aromatic carbocycles. The summed E-state index contributed by atoms with van der Waals surface area (Å²) in [5, 5.41) is 0. The van der Waals surface area contributed by atoms with E-state index in [1.807, 2.05) is 0 Å². The van der Waals surface area contributed by atoms with Crippen molar-refractivity contribution in [1.29, 1.82) is 0 Å². The third kappa shape index (κ3) is 3.68. The van der Waals surface area contributed by atoms with Crippen LogP contribution in [0.1, 0.15) is 0 Å². The number of hydrogen-bond donors (Lipinski definition) is 0. The number of carbonyl (C=O) groups is 1. The van der Waals surface area contributed by atoms with Crippen LogP contribution in [0, 0.1) is 5.82 Å². The fraction of sp³-hybridized carbons (Fsp3) is 0.294. The van der Waals surface area contributed by atoms with Gasteiger partial charge in [0.2, 0.25) is 15.9 Å². The summed E-state index contributed by atoms with van der Waals surface area (Å²) in [6.45, 7) is 0.431. The van der Waals surface area contributed by atoms with Crippen molar-refractivity contribution in [2.75, 3.05) is 26.2 Å². The van der Waals surface area contributed by atoms with Crippen molar-refractivity contribution in [3.8, 4) is 0 Å². The molecule has 1 aliphatic heterocycles. The Bertz CT molecular complexity index is 966. The molecular weight excluding hydrogens is 361 g/mol. The van der Waals surface area contributed by atoms with Crippen LogP contribution in [0.4, 0.5) is 4.39 Å². The Balaban J connectivity index is 1.66. The van der Waals surface area contributed by atoms with Gasteiger partial charge in [-0.3, -0.25) is 9.59 Å². The highest BCUT2D eigenvalue weighted by atomic mass is 32.2. The number of piperazine rings is 1. The molecule has 0 aliphatic carbocycles. The molecule has 1 aromatic heterocycles. The van der Waals surface area contributed by atoms with Crippen molar-refractivity contribution in [2.45, 2.75) is 11.4 Å². The normalized spacial score (nSPS) is 15.8. The first-order valence-electron chi connectivity index (χ1n) is 8.07. The third-order valence-corrected chi connectivity index (χ3v) is 6.18. The van der Waals surface area contributed by atoms with Gasteiger partial charge in [-0.05, 0) is 18.2 Å². The van der Waals surface area contributed by atoms with E-state index in [9.17, 15) is 22.4 Å². The highest BCUT2D eigenvalue weighted by Crippen LogP contribution is 2.20. The van der Waals surface area contributed by atoms with Crippen LogP contribution in [0.25, 0.3) is 0 Å². The standard InChI is InChI=1S/C17H18FN3O4S/c18-14-5-1-2-6-15(14)26(24,25)21-11-9-19(10-12-21)17(23)13-20-8-4-3-7-16(20)22/h1-8H,9-13H2. The molecule has 0 radical (unpaired) electrons. The van der Waals surface area contributed by atoms with E-state index < -0.39 is 15.8 Å². The molecular formula is C17H18FN3O4S. The Hall–Kier alpha value is -2.52. The highest BCUT2D eigenvalue weighted by Gasteiger charge is 2.31. The number of nitrogens with zero attached hydrogens (tertiary/aromatic N) is 3. The second kappa shape index (κ2) is 7.38. The van der Waals surface area contributed by atoms with Crippen LogP contribution in [0.2, 0.25) is 0 Å². The first kappa shape index (κ1) is 18.3. The van der Waals surface area contributed by atoms with E-state index in [1.165, 1.54) is 44.2 Å². The van der Waals surface area contributed by atoms with Crippen molar-refractivity contribution < 1.29 is 17.6 Å². The lowest BCUT2D eigenvalue weighted by Crippen LogP contribution is -2.51. The van der Waals surface area contributed by atoms with Crippen LogP contribution in [0.3, 0.4) is 0 Å². The number of aromatic nitrogens is 1. The van der Waals surface area contributed by atoms with E-state index in [2.05, 4.69) is 0 Å². The van der Waals surface area contributed by atoms with E-state index in [-0.39, 0.29) is 49.1 Å². The minimum atomic E-state index is -3.94. The fourth-order valence-corrected chi connectivity index (χ4v) is 4.30. The molecule has 0 bridgehead atoms. The van der Waals surface area contributed by atoms with Gasteiger partial charge >= 0.3 is 0 Å². The maximum absolute atomic E-state index is 13.8. The van der Waals surface area contributed by atoms with Gasteiger partial charge in [-0.25, -0.2) is 12.8 Å². The Morgan fingerprint density at radius 2 is 1.65 bits per heavy atom. The molecule has 7 nitrogen and oxygen atoms in total. The van der Waals surface area contributed by atoms with Crippen molar-refractivity contribution in [1.82, 2.24) is 13.8 Å². The van der Waals surface area contributed by atoms with E-state index in [0.29, 0.717) is 0 Å². The number of halogens is 1. The molecule has 26 heavy (non-hydrogen) atoms. The van der Waals surface area contributed by atoms with Gasteiger partial charge in [0, 0.05) is 38.4 Å². The molecule has 1 amide bonds. The Morgan fingerprint density at radius 3 is 2.31 bits per heavy atom. The Morgan fingerprint density at radius 1 is 1.00 bits per heavy atom. The van der Waals surface area contributed by atoms with Crippen molar-refractivity contribution in [2.24, 2.45) is 0 Å². The molecule has 2 aromatic rings. The maximum Gasteiger partial charge on any atom is 0.250 e. The Labute approximate surface area is 150 Å². The van der Waals surface area contributed by atoms with Gasteiger partial charge in [0.1, 0.15) is 17.3 Å². The van der Waals surface area contributed by atoms with E-state index >= 15 is 0 Å². The largest absolute Gasteiger partial charge is 0.339 e. The summed E-state index contributed by atoms with van der Waals surface area (Å²) >= 11 is 0. The zero-order valence-electron chi connectivity index (χ0n) is 13.9. The molecule has 0 saturated carbocycles. The minimum Gasteiger partial charge on any atom is -0.339 e. The predicted octanol–water partition coefficient (Wildman–Crippen LogP) is 0.521. The lowest BCUT2D eigenvalue weighted by Gasteiger charge is -2.34. The van der Waals surface area contributed by atoms with Crippen LogP contribution in [0.5, 0.6) is 0 Å². The van der Waals surface area contributed by atoms with Crippen LogP contribution in [0.15, 0.2) is 58.4 Å². The molecule has 0 atom stereocenters. The molecule has 138 valence electrons. The summed E-state index contributed by atoms with van der Waals surface area (Å²) in [6, 6.07) is 9.84. The van der Waals surface area contributed by atoms with E-state index in [4.69, 9.17) is 0 Å². The van der Waals surface area contributed by atoms with Gasteiger partial charge in [-0.15, -0.1) is 0 Å². The lowest BCUT2D eigenvalue weighted by molar-refractivity contribution is -0.133. The Kier molecular flexibility index (Phi) is 5.19. The van der Waals surface area contributed by atoms with Gasteiger partial charge in [-0.1, -0.05) is 18.2 Å². The smallest absolute Gasteiger partial charge is 0.250 e. The first-order valence-corrected chi connectivity index (χ1v) is 9.51. The van der Waals surface area contributed by atoms with Gasteiger partial charge in [-0.2, -0.15) is 4.31 Å². The van der Waals surface area contributed by atoms with Crippen LogP contribution < -0.4 is 5.56 Å². The molecule has 1 saturated heterocycles. The van der Waals surface area contributed by atoms with Crippen molar-refractivity contribution in [3.63, 3.8) is 0 Å². The highest BCUT2D eigenvalue weighted by molar-refractivity contribution is 7.89. The number of benzene rings is 1. The summed E-state index contributed by atoms with van der Waals surface area (Å²) < 4.78 is 41.4. The van der Waals surface area contributed by atoms with E-state index in [1.54, 1.807) is 12.1 Å². The SMILES string of the molecule is O=C(Cn1ccccc1=O)N1CCN(S(=O)(=O)c2ccccc2F)CC1. The first-order chi connectivity index (χ1) is 12.4. The summed E-state index contributed by atoms with van der Waals surface area (Å²) in [5.41, 5.74) is -0.276. The van der Waals surface area contributed by atoms with Gasteiger partial charge < -0.3 is 9.47 Å². The van der Waals surface area contributed by atoms with E-state index in [0.717, 1.165) is 6.07 Å². The molecule has 1 fully saturated rings. The lowest BCUT2D eigenvalue weighted by atomic mass is 10.3. The molecule has 9 heteroatoms. The van der Waals surface area contributed by atoms with Gasteiger partial charge in [0.05, 0.1) is 0 Å². The number of amides is 1.